The zero-order chi connectivity index (χ0) is 22.3. The van der Waals surface area contributed by atoms with Gasteiger partial charge < -0.3 is 25.4 Å². The molecule has 0 bridgehead atoms. The van der Waals surface area contributed by atoms with E-state index in [4.69, 9.17) is 4.74 Å². The first-order valence-corrected chi connectivity index (χ1v) is 9.10. The summed E-state index contributed by atoms with van der Waals surface area (Å²) in [4.78, 5) is 12.2. The molecule has 2 aromatic heterocycles. The predicted molar refractivity (Wildman–Crippen MR) is 97.1 cm³/mol. The normalized spacial score (nSPS) is 24.1. The smallest absolute Gasteiger partial charge is 0.394 e. The van der Waals surface area contributed by atoms with Gasteiger partial charge in [-0.05, 0) is 6.07 Å². The number of benzene rings is 1. The van der Waals surface area contributed by atoms with Crippen molar-refractivity contribution in [3.8, 4) is 0 Å². The second-order valence-electron chi connectivity index (χ2n) is 6.91. The predicted octanol–water partition coefficient (Wildman–Crippen LogP) is 1.21. The molecule has 0 saturated carbocycles. The lowest BCUT2D eigenvalue weighted by atomic mass is 10.1. The van der Waals surface area contributed by atoms with E-state index in [-0.39, 0.29) is 29.1 Å². The van der Waals surface area contributed by atoms with Gasteiger partial charge in [-0.1, -0.05) is 12.1 Å². The Morgan fingerprint density at radius 1 is 1.13 bits per heavy atom. The molecular formula is C18H17F4N5O4. The van der Waals surface area contributed by atoms with Gasteiger partial charge in [-0.15, -0.1) is 0 Å². The maximum absolute atomic E-state index is 14.2. The molecule has 4 rings (SSSR count). The number of fused-ring (bicyclic) bond motifs is 1. The number of nitrogens with one attached hydrogen (secondary N) is 1. The molecule has 0 aliphatic carbocycles. The largest absolute Gasteiger partial charge is 0.419 e. The molecule has 1 aliphatic heterocycles. The molecule has 0 spiro atoms. The Balaban J connectivity index is 1.60. The van der Waals surface area contributed by atoms with Crippen LogP contribution in [0.3, 0.4) is 0 Å². The average Bonchev–Trinajstić information content (AvgIpc) is 3.28. The first-order valence-electron chi connectivity index (χ1n) is 9.10. The lowest BCUT2D eigenvalue weighted by molar-refractivity contribution is -0.140. The molecule has 9 nitrogen and oxygen atoms in total. The molecule has 1 aromatic carbocycles. The highest BCUT2D eigenvalue weighted by molar-refractivity contribution is 5.82. The van der Waals surface area contributed by atoms with Crippen LogP contribution in [0.2, 0.25) is 0 Å². The van der Waals surface area contributed by atoms with Crippen LogP contribution in [0.5, 0.6) is 0 Å². The Kier molecular flexibility index (Phi) is 5.51. The molecule has 4 N–H and O–H groups in total. The number of aromatic nitrogens is 4. The minimum atomic E-state index is -4.82. The van der Waals surface area contributed by atoms with Gasteiger partial charge >= 0.3 is 6.18 Å². The van der Waals surface area contributed by atoms with E-state index >= 15 is 0 Å². The fraction of sp³-hybridized carbons (Fsp3) is 0.389. The minimum Gasteiger partial charge on any atom is -0.394 e. The molecule has 3 heterocycles. The van der Waals surface area contributed by atoms with Crippen molar-refractivity contribution in [2.45, 2.75) is 37.3 Å². The SMILES string of the molecule is OC[C@H]1O[C@@H](n2cnc3c(NCc4cccc(C(F)(F)F)c4F)ncnc32)[C@H](O)[C@@H]1O. The second-order valence-corrected chi connectivity index (χ2v) is 6.91. The van der Waals surface area contributed by atoms with Crippen LogP contribution in [0.25, 0.3) is 11.2 Å². The Hall–Kier alpha value is -2.87. The van der Waals surface area contributed by atoms with E-state index in [0.717, 1.165) is 12.4 Å². The Morgan fingerprint density at radius 2 is 1.90 bits per heavy atom. The number of aliphatic hydroxyl groups excluding tert-OH is 3. The molecule has 166 valence electrons. The van der Waals surface area contributed by atoms with Gasteiger partial charge in [0.1, 0.15) is 30.5 Å². The van der Waals surface area contributed by atoms with Crippen LogP contribution in [-0.4, -0.2) is 59.8 Å². The van der Waals surface area contributed by atoms with Crippen molar-refractivity contribution in [2.75, 3.05) is 11.9 Å². The average molecular weight is 443 g/mol. The summed E-state index contributed by atoms with van der Waals surface area (Å²) in [6.07, 6.45) is -7.17. The summed E-state index contributed by atoms with van der Waals surface area (Å²) in [5.41, 5.74) is -1.21. The summed E-state index contributed by atoms with van der Waals surface area (Å²) >= 11 is 0. The van der Waals surface area contributed by atoms with Gasteiger partial charge in [-0.25, -0.2) is 19.3 Å². The zero-order valence-electron chi connectivity index (χ0n) is 15.7. The van der Waals surface area contributed by atoms with Crippen LogP contribution in [-0.2, 0) is 17.5 Å². The molecule has 4 atom stereocenters. The molecule has 1 fully saturated rings. The quantitative estimate of drug-likeness (QED) is 0.434. The van der Waals surface area contributed by atoms with Crippen LogP contribution in [0.4, 0.5) is 23.4 Å². The van der Waals surface area contributed by atoms with Crippen LogP contribution in [0, 0.1) is 5.82 Å². The molecular weight excluding hydrogens is 426 g/mol. The molecule has 13 heteroatoms. The van der Waals surface area contributed by atoms with Crippen LogP contribution < -0.4 is 5.32 Å². The molecule has 0 radical (unpaired) electrons. The van der Waals surface area contributed by atoms with Crippen molar-refractivity contribution in [2.24, 2.45) is 0 Å². The fourth-order valence-electron chi connectivity index (χ4n) is 3.39. The van der Waals surface area contributed by atoms with E-state index in [1.807, 2.05) is 0 Å². The van der Waals surface area contributed by atoms with Gasteiger partial charge in [-0.2, -0.15) is 13.2 Å². The number of hydrogen-bond donors (Lipinski definition) is 4. The summed E-state index contributed by atoms with van der Waals surface area (Å²) in [7, 11) is 0. The third-order valence-corrected chi connectivity index (χ3v) is 4.98. The van der Waals surface area contributed by atoms with Crippen molar-refractivity contribution in [1.82, 2.24) is 19.5 Å². The number of rotatable bonds is 5. The van der Waals surface area contributed by atoms with E-state index in [1.54, 1.807) is 0 Å². The van der Waals surface area contributed by atoms with E-state index in [9.17, 15) is 32.9 Å². The van der Waals surface area contributed by atoms with Crippen LogP contribution >= 0.6 is 0 Å². The van der Waals surface area contributed by atoms with Crippen LogP contribution in [0.1, 0.15) is 17.4 Å². The van der Waals surface area contributed by atoms with E-state index in [0.29, 0.717) is 6.07 Å². The van der Waals surface area contributed by atoms with Gasteiger partial charge in [0.2, 0.25) is 0 Å². The highest BCUT2D eigenvalue weighted by atomic mass is 19.4. The van der Waals surface area contributed by atoms with Crippen molar-refractivity contribution < 1.29 is 37.6 Å². The molecule has 0 amide bonds. The molecule has 0 unspecified atom stereocenters. The number of imidazole rings is 1. The standard InChI is InChI=1S/C18H17F4N5O4/c19-11-8(2-1-3-9(11)18(20,21)22)4-23-15-12-16(25-6-24-15)27(7-26-12)17-14(30)13(29)10(5-28)31-17/h1-3,6-7,10,13-14,17,28-30H,4-5H2,(H,23,24,25)/t10-,13-,14-,17-/m1/s1. The minimum absolute atomic E-state index is 0.118. The Labute approximate surface area is 172 Å². The lowest BCUT2D eigenvalue weighted by Gasteiger charge is -2.16. The van der Waals surface area contributed by atoms with E-state index < -0.39 is 48.7 Å². The first kappa shape index (κ1) is 21.4. The number of alkyl halides is 3. The Bertz CT molecular complexity index is 1090. The number of hydrogen-bond acceptors (Lipinski definition) is 8. The maximum atomic E-state index is 14.2. The lowest BCUT2D eigenvalue weighted by Crippen LogP contribution is -2.33. The van der Waals surface area contributed by atoms with Gasteiger partial charge in [0, 0.05) is 12.1 Å². The number of halogens is 4. The number of anilines is 1. The third kappa shape index (κ3) is 3.80. The highest BCUT2D eigenvalue weighted by Gasteiger charge is 2.44. The summed E-state index contributed by atoms with van der Waals surface area (Å²) < 4.78 is 59.7. The Morgan fingerprint density at radius 3 is 2.58 bits per heavy atom. The zero-order valence-corrected chi connectivity index (χ0v) is 15.7. The monoisotopic (exact) mass is 443 g/mol. The van der Waals surface area contributed by atoms with Gasteiger partial charge in [-0.3, -0.25) is 4.57 Å². The highest BCUT2D eigenvalue weighted by Crippen LogP contribution is 2.34. The summed E-state index contributed by atoms with van der Waals surface area (Å²) in [5.74, 6) is -1.27. The molecule has 1 aliphatic rings. The maximum Gasteiger partial charge on any atom is 0.419 e. The van der Waals surface area contributed by atoms with Crippen molar-refractivity contribution in [3.63, 3.8) is 0 Å². The van der Waals surface area contributed by atoms with Crippen molar-refractivity contribution in [1.29, 1.82) is 0 Å². The summed E-state index contributed by atoms with van der Waals surface area (Å²) in [6.45, 7) is -0.811. The van der Waals surface area contributed by atoms with Gasteiger partial charge in [0.05, 0.1) is 18.5 Å². The second kappa shape index (κ2) is 8.00. The fourth-order valence-corrected chi connectivity index (χ4v) is 3.39. The van der Waals surface area contributed by atoms with Crippen molar-refractivity contribution in [3.05, 3.63) is 47.8 Å². The van der Waals surface area contributed by atoms with Crippen LogP contribution in [0.15, 0.2) is 30.9 Å². The number of aliphatic hydroxyl groups is 3. The summed E-state index contributed by atoms with van der Waals surface area (Å²) in [6, 6.07) is 2.98. The van der Waals surface area contributed by atoms with E-state index in [2.05, 4.69) is 20.3 Å². The summed E-state index contributed by atoms with van der Waals surface area (Å²) in [5, 5.41) is 32.1. The first-order chi connectivity index (χ1) is 14.7. The molecule has 3 aromatic rings. The topological polar surface area (TPSA) is 126 Å². The van der Waals surface area contributed by atoms with E-state index in [1.165, 1.54) is 17.0 Å². The molecule has 31 heavy (non-hydrogen) atoms. The van der Waals surface area contributed by atoms with Gasteiger partial charge in [0.25, 0.3) is 0 Å². The van der Waals surface area contributed by atoms with Gasteiger partial charge in [0.15, 0.2) is 23.2 Å². The number of ether oxygens (including phenoxy) is 1. The number of nitrogens with zero attached hydrogens (tertiary/aromatic N) is 4. The van der Waals surface area contributed by atoms with Crippen molar-refractivity contribution >= 4 is 17.0 Å². The third-order valence-electron chi connectivity index (χ3n) is 4.98. The molecule has 1 saturated heterocycles.